The fourth-order valence-electron chi connectivity index (χ4n) is 2.35. The summed E-state index contributed by atoms with van der Waals surface area (Å²) in [4.78, 5) is 0. The van der Waals surface area contributed by atoms with E-state index in [1.54, 1.807) is 0 Å². The van der Waals surface area contributed by atoms with Crippen molar-refractivity contribution in [3.8, 4) is 12.3 Å². The molecule has 4 unspecified atom stereocenters. The van der Waals surface area contributed by atoms with Crippen LogP contribution >= 0.6 is 0 Å². The zero-order chi connectivity index (χ0) is 8.55. The number of hydrogen-bond acceptors (Lipinski definition) is 2. The van der Waals surface area contributed by atoms with Crippen molar-refractivity contribution in [3.05, 3.63) is 0 Å². The van der Waals surface area contributed by atoms with Gasteiger partial charge in [0.15, 0.2) is 0 Å². The molecular formula is C10H14O2. The second kappa shape index (κ2) is 3.08. The molecule has 12 heavy (non-hydrogen) atoms. The van der Waals surface area contributed by atoms with Crippen molar-refractivity contribution in [1.82, 2.24) is 0 Å². The number of ether oxygens (including phenoxy) is 1. The van der Waals surface area contributed by atoms with Crippen LogP contribution in [0.4, 0.5) is 0 Å². The number of aliphatic hydroxyl groups is 1. The Morgan fingerprint density at radius 1 is 1.58 bits per heavy atom. The maximum absolute atomic E-state index is 9.65. The summed E-state index contributed by atoms with van der Waals surface area (Å²) in [7, 11) is 0. The van der Waals surface area contributed by atoms with E-state index in [4.69, 9.17) is 11.2 Å². The summed E-state index contributed by atoms with van der Waals surface area (Å²) in [6.45, 7) is 0. The fraction of sp³-hybridized carbons (Fsp3) is 0.800. The van der Waals surface area contributed by atoms with Crippen LogP contribution in [-0.4, -0.2) is 23.4 Å². The van der Waals surface area contributed by atoms with Crippen LogP contribution in [0.25, 0.3) is 0 Å². The average molecular weight is 166 g/mol. The van der Waals surface area contributed by atoms with E-state index in [9.17, 15) is 5.11 Å². The molecule has 1 N–H and O–H groups in total. The van der Waals surface area contributed by atoms with Crippen molar-refractivity contribution < 1.29 is 9.84 Å². The molecule has 2 fully saturated rings. The second-order valence-electron chi connectivity index (χ2n) is 3.75. The lowest BCUT2D eigenvalue weighted by Gasteiger charge is -2.22. The molecule has 0 saturated carbocycles. The first-order valence-electron chi connectivity index (χ1n) is 4.58. The van der Waals surface area contributed by atoms with Gasteiger partial charge in [0.2, 0.25) is 0 Å². The summed E-state index contributed by atoms with van der Waals surface area (Å²) >= 11 is 0. The summed E-state index contributed by atoms with van der Waals surface area (Å²) in [5, 5.41) is 9.65. The molecule has 0 aliphatic carbocycles. The lowest BCUT2D eigenvalue weighted by molar-refractivity contribution is 0.0453. The first-order chi connectivity index (χ1) is 5.81. The highest BCUT2D eigenvalue weighted by Gasteiger charge is 2.43. The van der Waals surface area contributed by atoms with E-state index in [1.807, 2.05) is 0 Å². The molecule has 2 heteroatoms. The normalized spacial score (nSPS) is 41.2. The SMILES string of the molecule is C#CCC(O)C1CC2CCC1O2. The van der Waals surface area contributed by atoms with Gasteiger partial charge in [0, 0.05) is 12.3 Å². The van der Waals surface area contributed by atoms with Gasteiger partial charge in [-0.05, 0) is 19.3 Å². The molecule has 4 atom stereocenters. The van der Waals surface area contributed by atoms with E-state index in [-0.39, 0.29) is 6.10 Å². The largest absolute Gasteiger partial charge is 0.392 e. The quantitative estimate of drug-likeness (QED) is 0.618. The van der Waals surface area contributed by atoms with Gasteiger partial charge in [-0.2, -0.15) is 0 Å². The zero-order valence-corrected chi connectivity index (χ0v) is 7.07. The minimum atomic E-state index is -0.342. The van der Waals surface area contributed by atoms with Gasteiger partial charge in [0.05, 0.1) is 18.3 Å². The van der Waals surface area contributed by atoms with E-state index in [0.717, 1.165) is 12.8 Å². The van der Waals surface area contributed by atoms with E-state index < -0.39 is 0 Å². The molecule has 2 bridgehead atoms. The van der Waals surface area contributed by atoms with Gasteiger partial charge in [-0.1, -0.05) is 0 Å². The van der Waals surface area contributed by atoms with Crippen molar-refractivity contribution >= 4 is 0 Å². The van der Waals surface area contributed by atoms with Crippen molar-refractivity contribution in [2.45, 2.75) is 44.0 Å². The molecule has 0 aromatic carbocycles. The van der Waals surface area contributed by atoms with Crippen LogP contribution in [0.2, 0.25) is 0 Å². The van der Waals surface area contributed by atoms with E-state index in [2.05, 4.69) is 5.92 Å². The highest BCUT2D eigenvalue weighted by Crippen LogP contribution is 2.40. The number of aliphatic hydroxyl groups excluding tert-OH is 1. The standard InChI is InChI=1S/C10H14O2/c1-2-3-9(11)8-6-7-4-5-10(8)12-7/h1,7-11H,3-6H2. The van der Waals surface area contributed by atoms with Crippen LogP contribution < -0.4 is 0 Å². The molecule has 0 aromatic heterocycles. The second-order valence-corrected chi connectivity index (χ2v) is 3.75. The molecule has 66 valence electrons. The maximum atomic E-state index is 9.65. The van der Waals surface area contributed by atoms with E-state index >= 15 is 0 Å². The Bertz CT molecular complexity index is 206. The minimum Gasteiger partial charge on any atom is -0.392 e. The van der Waals surface area contributed by atoms with Gasteiger partial charge in [0.25, 0.3) is 0 Å². The highest BCUT2D eigenvalue weighted by atomic mass is 16.5. The van der Waals surface area contributed by atoms with Crippen LogP contribution in [0, 0.1) is 18.3 Å². The molecular weight excluding hydrogens is 152 g/mol. The molecule has 2 aliphatic heterocycles. The predicted octanol–water partition coefficient (Wildman–Crippen LogP) is 0.938. The highest BCUT2D eigenvalue weighted by molar-refractivity contribution is 4.97. The van der Waals surface area contributed by atoms with Gasteiger partial charge in [-0.25, -0.2) is 0 Å². The summed E-state index contributed by atoms with van der Waals surface area (Å²) in [6.07, 6.45) is 9.26. The molecule has 2 saturated heterocycles. The Morgan fingerprint density at radius 3 is 2.92 bits per heavy atom. The topological polar surface area (TPSA) is 29.5 Å². The lowest BCUT2D eigenvalue weighted by Crippen LogP contribution is -2.28. The third-order valence-corrected chi connectivity index (χ3v) is 2.97. The number of hydrogen-bond donors (Lipinski definition) is 1. The molecule has 2 aliphatic rings. The minimum absolute atomic E-state index is 0.290. The first kappa shape index (κ1) is 8.10. The molecule has 0 amide bonds. The van der Waals surface area contributed by atoms with Gasteiger partial charge in [-0.15, -0.1) is 12.3 Å². The van der Waals surface area contributed by atoms with Crippen molar-refractivity contribution in [1.29, 1.82) is 0 Å². The molecule has 2 heterocycles. The van der Waals surface area contributed by atoms with Crippen LogP contribution in [0.3, 0.4) is 0 Å². The summed E-state index contributed by atoms with van der Waals surface area (Å²) in [5.41, 5.74) is 0. The van der Waals surface area contributed by atoms with Gasteiger partial charge >= 0.3 is 0 Å². The molecule has 2 rings (SSSR count). The Kier molecular flexibility index (Phi) is 2.08. The third kappa shape index (κ3) is 1.24. The Morgan fingerprint density at radius 2 is 2.42 bits per heavy atom. The van der Waals surface area contributed by atoms with Gasteiger partial charge in [0.1, 0.15) is 0 Å². The smallest absolute Gasteiger partial charge is 0.0703 e. The molecule has 2 nitrogen and oxygen atoms in total. The number of terminal acetylenes is 1. The molecule has 0 radical (unpaired) electrons. The van der Waals surface area contributed by atoms with Crippen LogP contribution in [0.15, 0.2) is 0 Å². The van der Waals surface area contributed by atoms with Gasteiger partial charge < -0.3 is 9.84 Å². The third-order valence-electron chi connectivity index (χ3n) is 2.97. The van der Waals surface area contributed by atoms with Crippen molar-refractivity contribution in [2.24, 2.45) is 5.92 Å². The van der Waals surface area contributed by atoms with E-state index in [1.165, 1.54) is 6.42 Å². The number of rotatable bonds is 2. The Hall–Kier alpha value is -0.520. The predicted molar refractivity (Wildman–Crippen MR) is 45.5 cm³/mol. The van der Waals surface area contributed by atoms with E-state index in [0.29, 0.717) is 24.5 Å². The fourth-order valence-corrected chi connectivity index (χ4v) is 2.35. The zero-order valence-electron chi connectivity index (χ0n) is 7.07. The van der Waals surface area contributed by atoms with Crippen LogP contribution in [0.5, 0.6) is 0 Å². The summed E-state index contributed by atoms with van der Waals surface area (Å²) in [6, 6.07) is 0. The van der Waals surface area contributed by atoms with Crippen molar-refractivity contribution in [2.75, 3.05) is 0 Å². The summed E-state index contributed by atoms with van der Waals surface area (Å²) in [5.74, 6) is 2.80. The van der Waals surface area contributed by atoms with Crippen LogP contribution in [-0.2, 0) is 4.74 Å². The maximum Gasteiger partial charge on any atom is 0.0703 e. The monoisotopic (exact) mass is 166 g/mol. The van der Waals surface area contributed by atoms with Gasteiger partial charge in [-0.3, -0.25) is 0 Å². The Balaban J connectivity index is 1.94. The molecule has 0 aromatic rings. The van der Waals surface area contributed by atoms with Crippen molar-refractivity contribution in [3.63, 3.8) is 0 Å². The molecule has 0 spiro atoms. The lowest BCUT2D eigenvalue weighted by atomic mass is 9.84. The van der Waals surface area contributed by atoms with Crippen LogP contribution in [0.1, 0.15) is 25.7 Å². The Labute approximate surface area is 72.9 Å². The summed E-state index contributed by atoms with van der Waals surface area (Å²) < 4.78 is 5.62. The number of fused-ring (bicyclic) bond motifs is 2. The first-order valence-corrected chi connectivity index (χ1v) is 4.58. The average Bonchev–Trinajstić information content (AvgIpc) is 2.64.